The zero-order valence-electron chi connectivity index (χ0n) is 13.7. The van der Waals surface area contributed by atoms with Crippen LogP contribution < -0.4 is 5.32 Å². The zero-order chi connectivity index (χ0) is 15.7. The van der Waals surface area contributed by atoms with Crippen LogP contribution in [0.1, 0.15) is 57.7 Å². The molecule has 1 aromatic rings. The number of carbonyl (C=O) groups excluding carboxylic acids is 1. The number of hydrogen-bond donors (Lipinski definition) is 1. The van der Waals surface area contributed by atoms with E-state index in [1.807, 2.05) is 11.6 Å². The van der Waals surface area contributed by atoms with E-state index in [0.717, 1.165) is 17.4 Å². The summed E-state index contributed by atoms with van der Waals surface area (Å²) in [6.07, 6.45) is 6.05. The van der Waals surface area contributed by atoms with Crippen molar-refractivity contribution in [3.05, 3.63) is 5.82 Å². The van der Waals surface area contributed by atoms with Crippen LogP contribution in [0.5, 0.6) is 0 Å². The van der Waals surface area contributed by atoms with Gasteiger partial charge in [-0.05, 0) is 31.1 Å². The topological polar surface area (TPSA) is 59.8 Å². The second-order valence-electron chi connectivity index (χ2n) is 6.90. The van der Waals surface area contributed by atoms with Gasteiger partial charge in [-0.15, -0.1) is 10.2 Å². The van der Waals surface area contributed by atoms with Crippen LogP contribution in [-0.4, -0.2) is 32.5 Å². The van der Waals surface area contributed by atoms with Gasteiger partial charge in [-0.2, -0.15) is 0 Å². The van der Waals surface area contributed by atoms with Crippen molar-refractivity contribution in [2.75, 3.05) is 5.75 Å². The molecule has 0 spiro atoms. The van der Waals surface area contributed by atoms with Crippen molar-refractivity contribution in [3.63, 3.8) is 0 Å². The smallest absolute Gasteiger partial charge is 0.230 e. The van der Waals surface area contributed by atoms with Crippen molar-refractivity contribution in [3.8, 4) is 0 Å². The van der Waals surface area contributed by atoms with Gasteiger partial charge in [0.25, 0.3) is 0 Å². The Kier molecular flexibility index (Phi) is 4.76. The summed E-state index contributed by atoms with van der Waals surface area (Å²) < 4.78 is 2.04. The van der Waals surface area contributed by atoms with Gasteiger partial charge in [0.1, 0.15) is 5.82 Å². The fourth-order valence-electron chi connectivity index (χ4n) is 3.31. The Hall–Kier alpha value is -1.04. The molecule has 0 aromatic carbocycles. The van der Waals surface area contributed by atoms with Gasteiger partial charge in [-0.1, -0.05) is 38.5 Å². The van der Waals surface area contributed by atoms with E-state index >= 15 is 0 Å². The van der Waals surface area contributed by atoms with Gasteiger partial charge in [-0.25, -0.2) is 0 Å². The Balaban J connectivity index is 1.50. The molecule has 122 valence electrons. The van der Waals surface area contributed by atoms with Crippen LogP contribution in [0.4, 0.5) is 0 Å². The number of carbonyl (C=O) groups is 1. The number of amides is 1. The van der Waals surface area contributed by atoms with Crippen molar-refractivity contribution in [2.24, 2.45) is 18.9 Å². The summed E-state index contributed by atoms with van der Waals surface area (Å²) >= 11 is 1.49. The van der Waals surface area contributed by atoms with Gasteiger partial charge < -0.3 is 9.88 Å². The summed E-state index contributed by atoms with van der Waals surface area (Å²) in [5.74, 6) is 3.47. The minimum absolute atomic E-state index is 0.118. The summed E-state index contributed by atoms with van der Waals surface area (Å²) in [5.41, 5.74) is 0. The van der Waals surface area contributed by atoms with E-state index in [0.29, 0.717) is 29.5 Å². The highest BCUT2D eigenvalue weighted by molar-refractivity contribution is 7.99. The van der Waals surface area contributed by atoms with Crippen LogP contribution in [0.2, 0.25) is 0 Å². The SMILES string of the molecule is C[C@@H]1[C@H](C)CCC[C@@H]1NC(=O)CSc1nnc(C2CC2)n1C. The number of nitrogens with one attached hydrogen (secondary N) is 1. The molecule has 3 atom stereocenters. The number of thioether (sulfide) groups is 1. The summed E-state index contributed by atoms with van der Waals surface area (Å²) in [7, 11) is 2.00. The highest BCUT2D eigenvalue weighted by Gasteiger charge is 2.30. The fourth-order valence-corrected chi connectivity index (χ4v) is 4.04. The Morgan fingerprint density at radius 1 is 1.27 bits per heavy atom. The minimum atomic E-state index is 0.118. The molecule has 22 heavy (non-hydrogen) atoms. The van der Waals surface area contributed by atoms with Crippen LogP contribution in [0.25, 0.3) is 0 Å². The van der Waals surface area contributed by atoms with E-state index in [9.17, 15) is 4.79 Å². The Bertz CT molecular complexity index is 540. The van der Waals surface area contributed by atoms with Crippen molar-refractivity contribution >= 4 is 17.7 Å². The fraction of sp³-hybridized carbons (Fsp3) is 0.812. The molecule has 0 saturated heterocycles. The molecule has 2 fully saturated rings. The molecule has 5 nitrogen and oxygen atoms in total. The van der Waals surface area contributed by atoms with Crippen molar-refractivity contribution in [1.82, 2.24) is 20.1 Å². The molecule has 1 aromatic heterocycles. The Labute approximate surface area is 136 Å². The van der Waals surface area contributed by atoms with Crippen molar-refractivity contribution in [2.45, 2.75) is 63.1 Å². The van der Waals surface area contributed by atoms with E-state index < -0.39 is 0 Å². The second kappa shape index (κ2) is 6.60. The van der Waals surface area contributed by atoms with Crippen molar-refractivity contribution in [1.29, 1.82) is 0 Å². The summed E-state index contributed by atoms with van der Waals surface area (Å²) in [4.78, 5) is 12.2. The third-order valence-corrected chi connectivity index (χ3v) is 6.22. The van der Waals surface area contributed by atoms with Crippen LogP contribution in [-0.2, 0) is 11.8 Å². The van der Waals surface area contributed by atoms with E-state index in [1.165, 1.54) is 37.4 Å². The maximum atomic E-state index is 12.2. The third kappa shape index (κ3) is 3.47. The molecular weight excluding hydrogens is 296 g/mol. The zero-order valence-corrected chi connectivity index (χ0v) is 14.5. The quantitative estimate of drug-likeness (QED) is 0.847. The van der Waals surface area contributed by atoms with Crippen LogP contribution in [0.3, 0.4) is 0 Å². The molecule has 1 N–H and O–H groups in total. The largest absolute Gasteiger partial charge is 0.352 e. The summed E-state index contributed by atoms with van der Waals surface area (Å²) in [6.45, 7) is 4.54. The minimum Gasteiger partial charge on any atom is -0.352 e. The van der Waals surface area contributed by atoms with Gasteiger partial charge in [0, 0.05) is 19.0 Å². The van der Waals surface area contributed by atoms with Crippen LogP contribution in [0, 0.1) is 11.8 Å². The second-order valence-corrected chi connectivity index (χ2v) is 7.85. The Morgan fingerprint density at radius 2 is 2.05 bits per heavy atom. The lowest BCUT2D eigenvalue weighted by Crippen LogP contribution is -2.44. The molecule has 0 unspecified atom stereocenters. The summed E-state index contributed by atoms with van der Waals surface area (Å²) in [6, 6.07) is 0.332. The molecule has 0 radical (unpaired) electrons. The molecule has 2 aliphatic rings. The predicted molar refractivity (Wildman–Crippen MR) is 87.8 cm³/mol. The molecule has 0 aliphatic heterocycles. The molecule has 2 aliphatic carbocycles. The average Bonchev–Trinajstić information content (AvgIpc) is 3.26. The molecule has 3 rings (SSSR count). The number of aromatic nitrogens is 3. The lowest BCUT2D eigenvalue weighted by Gasteiger charge is -2.34. The molecule has 6 heteroatoms. The van der Waals surface area contributed by atoms with Crippen LogP contribution in [0.15, 0.2) is 5.16 Å². The van der Waals surface area contributed by atoms with Gasteiger partial charge in [0.05, 0.1) is 5.75 Å². The van der Waals surface area contributed by atoms with E-state index in [-0.39, 0.29) is 5.91 Å². The normalized spacial score (nSPS) is 28.6. The number of hydrogen-bond acceptors (Lipinski definition) is 4. The first-order valence-corrected chi connectivity index (χ1v) is 9.36. The molecule has 1 heterocycles. The molecular formula is C16H26N4OS. The monoisotopic (exact) mass is 322 g/mol. The van der Waals surface area contributed by atoms with Gasteiger partial charge in [-0.3, -0.25) is 4.79 Å². The van der Waals surface area contributed by atoms with Gasteiger partial charge in [0.15, 0.2) is 5.16 Å². The van der Waals surface area contributed by atoms with Crippen LogP contribution >= 0.6 is 11.8 Å². The predicted octanol–water partition coefficient (Wildman–Crippen LogP) is 2.73. The van der Waals surface area contributed by atoms with E-state index in [2.05, 4.69) is 29.4 Å². The van der Waals surface area contributed by atoms with Gasteiger partial charge >= 0.3 is 0 Å². The maximum absolute atomic E-state index is 12.2. The standard InChI is InChI=1S/C16H26N4OS/c1-10-5-4-6-13(11(10)2)17-14(21)9-22-16-19-18-15(20(16)3)12-7-8-12/h10-13H,4-9H2,1-3H3,(H,17,21)/t10-,11-,13+/m1/s1. The lowest BCUT2D eigenvalue weighted by molar-refractivity contribution is -0.120. The lowest BCUT2D eigenvalue weighted by atomic mass is 9.78. The Morgan fingerprint density at radius 3 is 2.77 bits per heavy atom. The first-order chi connectivity index (χ1) is 10.6. The van der Waals surface area contributed by atoms with Crippen molar-refractivity contribution < 1.29 is 4.79 Å². The maximum Gasteiger partial charge on any atom is 0.230 e. The average molecular weight is 322 g/mol. The highest BCUT2D eigenvalue weighted by atomic mass is 32.2. The number of nitrogens with zero attached hydrogens (tertiary/aromatic N) is 3. The molecule has 0 bridgehead atoms. The first-order valence-electron chi connectivity index (χ1n) is 8.37. The highest BCUT2D eigenvalue weighted by Crippen LogP contribution is 2.39. The van der Waals surface area contributed by atoms with E-state index in [4.69, 9.17) is 0 Å². The molecule has 2 saturated carbocycles. The first kappa shape index (κ1) is 15.8. The summed E-state index contributed by atoms with van der Waals surface area (Å²) in [5, 5.41) is 12.5. The third-order valence-electron chi connectivity index (χ3n) is 5.20. The van der Waals surface area contributed by atoms with E-state index in [1.54, 1.807) is 0 Å². The molecule has 1 amide bonds. The van der Waals surface area contributed by atoms with Gasteiger partial charge in [0.2, 0.25) is 5.91 Å². The number of rotatable bonds is 5.